The van der Waals surface area contributed by atoms with Gasteiger partial charge in [0.1, 0.15) is 5.92 Å². The van der Waals surface area contributed by atoms with Crippen molar-refractivity contribution in [3.8, 4) is 6.07 Å². The molecule has 1 heterocycles. The van der Waals surface area contributed by atoms with Crippen molar-refractivity contribution in [1.29, 1.82) is 5.26 Å². The summed E-state index contributed by atoms with van der Waals surface area (Å²) in [5.74, 6) is -0.850. The number of carbonyl (C=O) groups is 2. The van der Waals surface area contributed by atoms with Gasteiger partial charge in [0, 0.05) is 13.6 Å². The Bertz CT molecular complexity index is 658. The molecule has 1 aliphatic carbocycles. The molecule has 2 fully saturated rings. The molecule has 1 aromatic rings. The topological polar surface area (TPSA) is 73.2 Å². The number of hydrogen-bond acceptors (Lipinski definition) is 3. The molecule has 1 aromatic carbocycles. The maximum absolute atomic E-state index is 12.5. The number of nitrogens with zero attached hydrogens (tertiary/aromatic N) is 2. The SMILES string of the molecule is CN1CCCC(C(=O)NC2(c3cccc(C#N)c3)CC2)C1=O. The molecule has 114 valence electrons. The zero-order chi connectivity index (χ0) is 15.7. The molecule has 22 heavy (non-hydrogen) atoms. The van der Waals surface area contributed by atoms with Crippen LogP contribution in [0.2, 0.25) is 0 Å². The number of nitrogens with one attached hydrogen (secondary N) is 1. The van der Waals surface area contributed by atoms with Gasteiger partial charge in [-0.3, -0.25) is 9.59 Å². The van der Waals surface area contributed by atoms with Gasteiger partial charge in [0.2, 0.25) is 11.8 Å². The molecule has 2 amide bonds. The summed E-state index contributed by atoms with van der Waals surface area (Å²) in [5.41, 5.74) is 1.16. The molecule has 1 saturated carbocycles. The van der Waals surface area contributed by atoms with Crippen molar-refractivity contribution in [2.75, 3.05) is 13.6 Å². The van der Waals surface area contributed by atoms with Gasteiger partial charge in [0.05, 0.1) is 17.2 Å². The summed E-state index contributed by atoms with van der Waals surface area (Å²) >= 11 is 0. The molecule has 0 bridgehead atoms. The number of rotatable bonds is 3. The van der Waals surface area contributed by atoms with Crippen LogP contribution in [-0.2, 0) is 15.1 Å². The van der Waals surface area contributed by atoms with Crippen molar-refractivity contribution in [1.82, 2.24) is 10.2 Å². The highest BCUT2D eigenvalue weighted by atomic mass is 16.2. The molecule has 1 aliphatic heterocycles. The van der Waals surface area contributed by atoms with Gasteiger partial charge in [-0.1, -0.05) is 12.1 Å². The number of piperidine rings is 1. The Balaban J connectivity index is 1.76. The Hall–Kier alpha value is -2.35. The number of nitriles is 1. The number of benzene rings is 1. The first-order valence-corrected chi connectivity index (χ1v) is 7.63. The van der Waals surface area contributed by atoms with Crippen LogP contribution in [0.15, 0.2) is 24.3 Å². The van der Waals surface area contributed by atoms with E-state index in [0.29, 0.717) is 12.0 Å². The van der Waals surface area contributed by atoms with E-state index in [0.717, 1.165) is 31.4 Å². The lowest BCUT2D eigenvalue weighted by molar-refractivity contribution is -0.144. The fraction of sp³-hybridized carbons (Fsp3) is 0.471. The van der Waals surface area contributed by atoms with Crippen molar-refractivity contribution in [3.05, 3.63) is 35.4 Å². The van der Waals surface area contributed by atoms with Crippen molar-refractivity contribution in [2.45, 2.75) is 31.2 Å². The molecule has 1 N–H and O–H groups in total. The van der Waals surface area contributed by atoms with E-state index in [1.54, 1.807) is 18.0 Å². The smallest absolute Gasteiger partial charge is 0.234 e. The van der Waals surface area contributed by atoms with Gasteiger partial charge < -0.3 is 10.2 Å². The lowest BCUT2D eigenvalue weighted by atomic mass is 9.95. The lowest BCUT2D eigenvalue weighted by Gasteiger charge is -2.30. The first-order chi connectivity index (χ1) is 10.6. The predicted molar refractivity (Wildman–Crippen MR) is 80.6 cm³/mol. The first-order valence-electron chi connectivity index (χ1n) is 7.63. The normalized spacial score (nSPS) is 22.8. The molecule has 5 nitrogen and oxygen atoms in total. The van der Waals surface area contributed by atoms with Gasteiger partial charge in [-0.2, -0.15) is 5.26 Å². The monoisotopic (exact) mass is 297 g/mol. The van der Waals surface area contributed by atoms with Crippen LogP contribution in [-0.4, -0.2) is 30.3 Å². The van der Waals surface area contributed by atoms with Gasteiger partial charge in [-0.15, -0.1) is 0 Å². The molecule has 2 aliphatic rings. The standard InChI is InChI=1S/C17H19N3O2/c1-20-9-3-6-14(16(20)22)15(21)19-17(7-8-17)13-5-2-4-12(10-13)11-18/h2,4-5,10,14H,3,6-9H2,1H3,(H,19,21). The van der Waals surface area contributed by atoms with Crippen LogP contribution in [0.4, 0.5) is 0 Å². The van der Waals surface area contributed by atoms with E-state index in [1.807, 2.05) is 18.2 Å². The summed E-state index contributed by atoms with van der Waals surface area (Å²) in [4.78, 5) is 26.3. The molecule has 1 saturated heterocycles. The molecular weight excluding hydrogens is 278 g/mol. The number of hydrogen-bond donors (Lipinski definition) is 1. The Morgan fingerprint density at radius 2 is 2.23 bits per heavy atom. The fourth-order valence-electron chi connectivity index (χ4n) is 3.10. The van der Waals surface area contributed by atoms with Gasteiger partial charge in [-0.05, 0) is 43.4 Å². The molecule has 0 radical (unpaired) electrons. The van der Waals surface area contributed by atoms with Crippen LogP contribution in [0, 0.1) is 17.2 Å². The number of amides is 2. The van der Waals surface area contributed by atoms with E-state index < -0.39 is 5.92 Å². The highest BCUT2D eigenvalue weighted by molar-refractivity contribution is 6.01. The minimum absolute atomic E-state index is 0.0923. The Morgan fingerprint density at radius 3 is 2.91 bits per heavy atom. The summed E-state index contributed by atoms with van der Waals surface area (Å²) in [6, 6.07) is 9.46. The maximum atomic E-state index is 12.5. The second-order valence-electron chi connectivity index (χ2n) is 6.22. The highest BCUT2D eigenvalue weighted by Gasteiger charge is 2.47. The Morgan fingerprint density at radius 1 is 1.45 bits per heavy atom. The van der Waals surface area contributed by atoms with E-state index >= 15 is 0 Å². The minimum Gasteiger partial charge on any atom is -0.346 e. The van der Waals surface area contributed by atoms with Gasteiger partial charge >= 0.3 is 0 Å². The van der Waals surface area contributed by atoms with Crippen LogP contribution < -0.4 is 5.32 Å². The second-order valence-corrected chi connectivity index (χ2v) is 6.22. The first kappa shape index (κ1) is 14.6. The third-order valence-corrected chi connectivity index (χ3v) is 4.63. The maximum Gasteiger partial charge on any atom is 0.234 e. The van der Waals surface area contributed by atoms with Crippen molar-refractivity contribution in [2.24, 2.45) is 5.92 Å². The molecule has 0 aromatic heterocycles. The second kappa shape index (κ2) is 5.45. The van der Waals surface area contributed by atoms with Crippen LogP contribution in [0.3, 0.4) is 0 Å². The third-order valence-electron chi connectivity index (χ3n) is 4.63. The molecular formula is C17H19N3O2. The van der Waals surface area contributed by atoms with E-state index in [-0.39, 0.29) is 17.4 Å². The van der Waals surface area contributed by atoms with E-state index in [1.165, 1.54) is 0 Å². The summed E-state index contributed by atoms with van der Waals surface area (Å²) in [7, 11) is 1.74. The van der Waals surface area contributed by atoms with Crippen LogP contribution in [0.25, 0.3) is 0 Å². The van der Waals surface area contributed by atoms with Gasteiger partial charge in [0.25, 0.3) is 0 Å². The van der Waals surface area contributed by atoms with Crippen molar-refractivity contribution in [3.63, 3.8) is 0 Å². The summed E-state index contributed by atoms with van der Waals surface area (Å²) in [6.07, 6.45) is 3.18. The zero-order valence-electron chi connectivity index (χ0n) is 12.6. The molecule has 5 heteroatoms. The predicted octanol–water partition coefficient (Wildman–Crippen LogP) is 1.53. The Labute approximate surface area is 129 Å². The summed E-state index contributed by atoms with van der Waals surface area (Å²) in [6.45, 7) is 0.720. The van der Waals surface area contributed by atoms with Crippen LogP contribution >= 0.6 is 0 Å². The number of carbonyl (C=O) groups excluding carboxylic acids is 2. The molecule has 3 rings (SSSR count). The van der Waals surface area contributed by atoms with Crippen molar-refractivity contribution >= 4 is 11.8 Å². The van der Waals surface area contributed by atoms with E-state index in [4.69, 9.17) is 5.26 Å². The summed E-state index contributed by atoms with van der Waals surface area (Å²) < 4.78 is 0. The van der Waals surface area contributed by atoms with E-state index in [2.05, 4.69) is 11.4 Å². The summed E-state index contributed by atoms with van der Waals surface area (Å²) in [5, 5.41) is 12.1. The fourth-order valence-corrected chi connectivity index (χ4v) is 3.10. The van der Waals surface area contributed by atoms with Crippen LogP contribution in [0.1, 0.15) is 36.8 Å². The average molecular weight is 297 g/mol. The molecule has 1 atom stereocenters. The molecule has 1 unspecified atom stereocenters. The van der Waals surface area contributed by atoms with E-state index in [9.17, 15) is 9.59 Å². The Kier molecular flexibility index (Phi) is 3.61. The van der Waals surface area contributed by atoms with Gasteiger partial charge in [-0.25, -0.2) is 0 Å². The largest absolute Gasteiger partial charge is 0.346 e. The quantitative estimate of drug-likeness (QED) is 0.860. The van der Waals surface area contributed by atoms with Crippen molar-refractivity contribution < 1.29 is 9.59 Å². The lowest BCUT2D eigenvalue weighted by Crippen LogP contribution is -2.48. The van der Waals surface area contributed by atoms with Crippen LogP contribution in [0.5, 0.6) is 0 Å². The third kappa shape index (κ3) is 2.57. The number of likely N-dealkylation sites (tertiary alicyclic amines) is 1. The highest BCUT2D eigenvalue weighted by Crippen LogP contribution is 2.46. The minimum atomic E-state index is -0.574. The zero-order valence-corrected chi connectivity index (χ0v) is 12.6. The average Bonchev–Trinajstić information content (AvgIpc) is 3.31. The molecule has 0 spiro atoms. The van der Waals surface area contributed by atoms with Gasteiger partial charge in [0.15, 0.2) is 0 Å².